The normalized spacial score (nSPS) is 13.2. The Balaban J connectivity index is 0.979. The van der Waals surface area contributed by atoms with Gasteiger partial charge in [0.15, 0.2) is 5.82 Å². The minimum atomic E-state index is -0.221. The highest BCUT2D eigenvalue weighted by molar-refractivity contribution is 7.00. The summed E-state index contributed by atoms with van der Waals surface area (Å²) in [4.78, 5) is 29.2. The smallest absolute Gasteiger partial charge is 0.252 e. The third-order valence-corrected chi connectivity index (χ3v) is 21.5. The number of anilines is 3. The highest BCUT2D eigenvalue weighted by Crippen LogP contribution is 2.51. The Morgan fingerprint density at radius 1 is 0.320 bits per heavy atom. The Labute approximate surface area is 558 Å². The summed E-state index contributed by atoms with van der Waals surface area (Å²) in [7, 11) is 0. The molecule has 0 bridgehead atoms. The molecule has 10 heteroatoms. The molecule has 0 fully saturated rings. The molecule has 0 saturated carbocycles. The number of para-hydroxylation sites is 2. The fourth-order valence-corrected chi connectivity index (χ4v) is 17.2. The van der Waals surface area contributed by atoms with Crippen LogP contribution in [0.3, 0.4) is 0 Å². The fourth-order valence-electron chi connectivity index (χ4n) is 17.2. The van der Waals surface area contributed by atoms with Gasteiger partial charge >= 0.3 is 0 Å². The van der Waals surface area contributed by atoms with Crippen molar-refractivity contribution in [3.05, 3.63) is 266 Å². The number of hydrogen-bond donors (Lipinski definition) is 0. The SMILES string of the molecule is CC(C)(C)c1ccc(N2c3ccc(C(C)(C)C)cc3B3c4c2cc(-c2nc(-n5c6ccccc6c6cnccc65)nc(-n5c6ccccc6c6cnccc65)n2)cc4-n2c4ccc5c6ccccc6c6ccccc6c5c4c4c5c6ccccc6c6ccccc6c5cc3c42)cc1. The van der Waals surface area contributed by atoms with Gasteiger partial charge in [0.1, 0.15) is 0 Å². The summed E-state index contributed by atoms with van der Waals surface area (Å²) in [5.41, 5.74) is 17.5. The van der Waals surface area contributed by atoms with E-state index in [1.807, 2.05) is 24.8 Å². The van der Waals surface area contributed by atoms with Crippen LogP contribution in [0.2, 0.25) is 0 Å². The Hall–Kier alpha value is -12.0. The number of hydrogen-bond acceptors (Lipinski definition) is 6. The van der Waals surface area contributed by atoms with Gasteiger partial charge in [-0.25, -0.2) is 0 Å². The molecule has 0 saturated heterocycles. The third kappa shape index (κ3) is 7.41. The quantitative estimate of drug-likeness (QED) is 0.129. The zero-order valence-electron chi connectivity index (χ0n) is 54.4. The predicted molar refractivity (Wildman–Crippen MR) is 406 cm³/mol. The van der Waals surface area contributed by atoms with Gasteiger partial charge < -0.3 is 9.47 Å². The Kier molecular flexibility index (Phi) is 10.8. The Morgan fingerprint density at radius 2 is 0.784 bits per heavy atom. The molecule has 0 amide bonds. The van der Waals surface area contributed by atoms with Crippen molar-refractivity contribution < 1.29 is 0 Å². The van der Waals surface area contributed by atoms with E-state index in [-0.39, 0.29) is 17.5 Å². The van der Waals surface area contributed by atoms with Crippen LogP contribution in [0.15, 0.2) is 255 Å². The highest BCUT2D eigenvalue weighted by atomic mass is 15.3. The number of nitrogens with zero attached hydrogens (tertiary/aromatic N) is 9. The monoisotopic (exact) mass is 1240 g/mol. The number of pyridine rings is 2. The van der Waals surface area contributed by atoms with E-state index in [0.29, 0.717) is 17.7 Å². The average molecular weight is 1240 g/mol. The van der Waals surface area contributed by atoms with Gasteiger partial charge in [0.25, 0.3) is 6.71 Å². The van der Waals surface area contributed by atoms with Crippen molar-refractivity contribution in [1.82, 2.24) is 38.6 Å². The molecule has 9 nitrogen and oxygen atoms in total. The van der Waals surface area contributed by atoms with Gasteiger partial charge in [-0.3, -0.25) is 19.1 Å². The molecule has 19 aromatic rings. The van der Waals surface area contributed by atoms with Gasteiger partial charge in [-0.05, 0) is 153 Å². The van der Waals surface area contributed by atoms with Crippen LogP contribution < -0.4 is 21.3 Å². The largest absolute Gasteiger partial charge is 0.311 e. The Morgan fingerprint density at radius 3 is 1.34 bits per heavy atom. The number of rotatable bonds is 4. The third-order valence-electron chi connectivity index (χ3n) is 21.5. The van der Waals surface area contributed by atoms with Gasteiger partial charge in [0, 0.05) is 96.2 Å². The van der Waals surface area contributed by atoms with E-state index in [1.165, 1.54) is 108 Å². The van der Waals surface area contributed by atoms with Crippen molar-refractivity contribution in [3.8, 4) is 29.0 Å². The second kappa shape index (κ2) is 19.3. The topological polar surface area (TPSA) is 82.5 Å². The van der Waals surface area contributed by atoms with Gasteiger partial charge in [-0.1, -0.05) is 211 Å². The van der Waals surface area contributed by atoms with Crippen LogP contribution in [0.1, 0.15) is 52.7 Å². The molecular formula is C87H60BN9. The van der Waals surface area contributed by atoms with Crippen molar-refractivity contribution >= 4 is 170 Å². The zero-order chi connectivity index (χ0) is 64.5. The summed E-state index contributed by atoms with van der Waals surface area (Å²) in [6.45, 7) is 13.7. The van der Waals surface area contributed by atoms with Gasteiger partial charge in [-0.15, -0.1) is 0 Å². The minimum Gasteiger partial charge on any atom is -0.311 e. The van der Waals surface area contributed by atoms with E-state index < -0.39 is 0 Å². The first kappa shape index (κ1) is 54.4. The first-order chi connectivity index (χ1) is 47.4. The summed E-state index contributed by atoms with van der Waals surface area (Å²) in [5.74, 6) is 1.52. The molecule has 6 aromatic heterocycles. The van der Waals surface area contributed by atoms with Crippen molar-refractivity contribution in [2.24, 2.45) is 0 Å². The number of fused-ring (bicyclic) bond motifs is 27. The lowest BCUT2D eigenvalue weighted by Gasteiger charge is -2.41. The molecule has 97 heavy (non-hydrogen) atoms. The molecule has 0 radical (unpaired) electrons. The molecule has 0 aliphatic carbocycles. The van der Waals surface area contributed by atoms with Crippen molar-refractivity contribution in [2.45, 2.75) is 52.4 Å². The maximum atomic E-state index is 5.82. The molecular weight excluding hydrogens is 1180 g/mol. The summed E-state index contributed by atoms with van der Waals surface area (Å²) in [6.07, 6.45) is 7.63. The van der Waals surface area contributed by atoms with Crippen LogP contribution in [-0.4, -0.2) is 45.3 Å². The lowest BCUT2D eigenvalue weighted by Crippen LogP contribution is -2.60. The first-order valence-corrected chi connectivity index (χ1v) is 33.7. The highest BCUT2D eigenvalue weighted by Gasteiger charge is 2.44. The standard InChI is InChI=1S/C87H60BN9/c1-86(2,3)50-31-34-52(35-32-50)94-73-37-33-51(87(4,5)6)45-67(73)88-68-46-64-58-24-10-8-20-54(58)56-22-12-14-28-62(56)78(64)80-79-74(38-36-63-57-23-9-7-19-53(57)55-21-11-13-27-61(55)77(63)79)95(82(68)80)76-44-49(43-75(94)81(76)88)83-91-84(96-69-29-17-15-25-59(69)65-47-89-41-39-71(65)96)93-85(92-83)97-70-30-18-16-26-60(70)66-48-90-42-40-72(66)97/h7-48H,1-6H3. The Bertz CT molecular complexity index is 6460. The van der Waals surface area contributed by atoms with Crippen LogP contribution in [0.5, 0.6) is 0 Å². The summed E-state index contributed by atoms with van der Waals surface area (Å²) < 4.78 is 7.05. The molecule has 21 rings (SSSR count). The van der Waals surface area contributed by atoms with E-state index in [0.717, 1.165) is 77.4 Å². The lowest BCUT2D eigenvalue weighted by atomic mass is 9.33. The molecule has 2 aliphatic rings. The van der Waals surface area contributed by atoms with Crippen LogP contribution in [0, 0.1) is 0 Å². The minimum absolute atomic E-state index is 0.0669. The number of aromatic nitrogens is 8. The van der Waals surface area contributed by atoms with Crippen LogP contribution in [-0.2, 0) is 10.8 Å². The molecule has 0 N–H and O–H groups in total. The molecule has 13 aromatic carbocycles. The molecule has 8 heterocycles. The van der Waals surface area contributed by atoms with E-state index in [2.05, 4.69) is 301 Å². The van der Waals surface area contributed by atoms with Crippen molar-refractivity contribution in [2.75, 3.05) is 4.90 Å². The second-order valence-corrected chi connectivity index (χ2v) is 28.8. The van der Waals surface area contributed by atoms with Crippen LogP contribution in [0.4, 0.5) is 17.1 Å². The summed E-state index contributed by atoms with van der Waals surface area (Å²) in [5, 5.41) is 21.6. The maximum absolute atomic E-state index is 5.82. The van der Waals surface area contributed by atoms with Crippen LogP contribution in [0.25, 0.3) is 159 Å². The molecule has 456 valence electrons. The van der Waals surface area contributed by atoms with Gasteiger partial charge in [0.2, 0.25) is 11.9 Å². The molecule has 0 unspecified atom stereocenters. The maximum Gasteiger partial charge on any atom is 0.252 e. The summed E-state index contributed by atoms with van der Waals surface area (Å²) >= 11 is 0. The summed E-state index contributed by atoms with van der Waals surface area (Å²) in [6, 6.07) is 86.4. The van der Waals surface area contributed by atoms with E-state index in [4.69, 9.17) is 15.0 Å². The van der Waals surface area contributed by atoms with Gasteiger partial charge in [0.05, 0.1) is 33.1 Å². The number of benzene rings is 13. The van der Waals surface area contributed by atoms with Crippen molar-refractivity contribution in [1.29, 1.82) is 0 Å². The first-order valence-electron chi connectivity index (χ1n) is 33.7. The zero-order valence-corrected chi connectivity index (χ0v) is 54.4. The van der Waals surface area contributed by atoms with E-state index in [9.17, 15) is 0 Å². The fraction of sp³-hybridized carbons (Fsp3) is 0.0920. The molecule has 2 aliphatic heterocycles. The molecule has 0 atom stereocenters. The average Bonchev–Trinajstić information content (AvgIpc) is 1.56. The van der Waals surface area contributed by atoms with E-state index >= 15 is 0 Å². The van der Waals surface area contributed by atoms with Crippen molar-refractivity contribution in [3.63, 3.8) is 0 Å². The molecule has 0 spiro atoms. The van der Waals surface area contributed by atoms with Gasteiger partial charge in [-0.2, -0.15) is 15.0 Å². The second-order valence-electron chi connectivity index (χ2n) is 28.8. The predicted octanol–water partition coefficient (Wildman–Crippen LogP) is 19.7. The lowest BCUT2D eigenvalue weighted by molar-refractivity contribution is 0.590. The van der Waals surface area contributed by atoms with Crippen LogP contribution >= 0.6 is 0 Å². The van der Waals surface area contributed by atoms with E-state index in [1.54, 1.807) is 0 Å².